The first kappa shape index (κ1) is 33.8. The highest BCUT2D eigenvalue weighted by molar-refractivity contribution is 5.94. The van der Waals surface area contributed by atoms with Gasteiger partial charge in [-0.25, -0.2) is 0 Å². The summed E-state index contributed by atoms with van der Waals surface area (Å²) in [6.07, 6.45) is 1.33. The summed E-state index contributed by atoms with van der Waals surface area (Å²) in [6.45, 7) is 4.05. The van der Waals surface area contributed by atoms with Crippen LogP contribution in [0.3, 0.4) is 0 Å². The van der Waals surface area contributed by atoms with Crippen LogP contribution >= 0.6 is 0 Å². The number of rotatable bonds is 17. The van der Waals surface area contributed by atoms with E-state index >= 15 is 0 Å². The van der Waals surface area contributed by atoms with Crippen molar-refractivity contribution >= 4 is 29.6 Å². The first-order valence-corrected chi connectivity index (χ1v) is 14.1. The summed E-state index contributed by atoms with van der Waals surface area (Å²) in [5, 5.41) is 8.16. The first-order chi connectivity index (χ1) is 20.0. The maximum absolute atomic E-state index is 13.5. The van der Waals surface area contributed by atoms with E-state index in [0.717, 1.165) is 11.1 Å². The van der Waals surface area contributed by atoms with Crippen molar-refractivity contribution in [3.63, 3.8) is 0 Å². The molecule has 0 radical (unpaired) electrons. The summed E-state index contributed by atoms with van der Waals surface area (Å²) in [4.78, 5) is 55.9. The number of guanidine groups is 1. The summed E-state index contributed by atoms with van der Waals surface area (Å²) in [5.41, 5.74) is 24.2. The van der Waals surface area contributed by atoms with E-state index < -0.39 is 47.8 Å². The fraction of sp³-hybridized carbons (Fsp3) is 0.433. The van der Waals surface area contributed by atoms with Gasteiger partial charge in [0.2, 0.25) is 23.6 Å². The van der Waals surface area contributed by atoms with Gasteiger partial charge in [0, 0.05) is 13.0 Å². The van der Waals surface area contributed by atoms with E-state index in [9.17, 15) is 19.2 Å². The lowest BCUT2D eigenvalue weighted by molar-refractivity contribution is -0.133. The summed E-state index contributed by atoms with van der Waals surface area (Å²) in [5.74, 6) is -2.39. The molecule has 0 aromatic heterocycles. The Morgan fingerprint density at radius 3 is 1.74 bits per heavy atom. The molecule has 0 fully saturated rings. The van der Waals surface area contributed by atoms with Gasteiger partial charge in [0.1, 0.15) is 18.1 Å². The minimum atomic E-state index is -1.05. The molecule has 0 aliphatic carbocycles. The Balaban J connectivity index is 2.16. The Morgan fingerprint density at radius 1 is 0.714 bits per heavy atom. The topological polar surface area (TPSA) is 221 Å². The van der Waals surface area contributed by atoms with Crippen LogP contribution in [0.15, 0.2) is 65.7 Å². The van der Waals surface area contributed by atoms with Gasteiger partial charge < -0.3 is 38.9 Å². The fourth-order valence-corrected chi connectivity index (χ4v) is 4.33. The third-order valence-electron chi connectivity index (χ3n) is 6.50. The molecule has 0 spiro atoms. The van der Waals surface area contributed by atoms with Gasteiger partial charge in [0.15, 0.2) is 5.96 Å². The van der Waals surface area contributed by atoms with E-state index in [0.29, 0.717) is 19.3 Å². The van der Waals surface area contributed by atoms with E-state index in [2.05, 4.69) is 20.9 Å². The molecule has 0 saturated carbocycles. The SMILES string of the molecule is CC(C)CC(NC(=O)C(N)Cc1ccccc1)C(=O)NC(CCCN=C(N)N)C(=O)NC(Cc1ccccc1)C(N)=O. The van der Waals surface area contributed by atoms with Crippen LogP contribution in [-0.4, -0.2) is 60.3 Å². The number of amides is 4. The van der Waals surface area contributed by atoms with Gasteiger partial charge in [-0.15, -0.1) is 0 Å². The smallest absolute Gasteiger partial charge is 0.243 e. The fourth-order valence-electron chi connectivity index (χ4n) is 4.33. The number of primary amides is 1. The van der Waals surface area contributed by atoms with Crippen LogP contribution in [0.5, 0.6) is 0 Å². The Morgan fingerprint density at radius 2 is 1.21 bits per heavy atom. The van der Waals surface area contributed by atoms with Gasteiger partial charge in [0.25, 0.3) is 0 Å². The molecule has 4 amide bonds. The number of aliphatic imine (C=N–C) groups is 1. The highest BCUT2D eigenvalue weighted by atomic mass is 16.2. The maximum atomic E-state index is 13.5. The second kappa shape index (κ2) is 17.4. The van der Waals surface area contributed by atoms with Crippen molar-refractivity contribution in [3.8, 4) is 0 Å². The zero-order chi connectivity index (χ0) is 31.1. The molecule has 0 heterocycles. The molecular formula is C30H44N8O4. The summed E-state index contributed by atoms with van der Waals surface area (Å²) < 4.78 is 0. The number of nitrogens with two attached hydrogens (primary N) is 4. The van der Waals surface area contributed by atoms with Crippen molar-refractivity contribution in [1.82, 2.24) is 16.0 Å². The van der Waals surface area contributed by atoms with Crippen molar-refractivity contribution < 1.29 is 19.2 Å². The van der Waals surface area contributed by atoms with Crippen LogP contribution < -0.4 is 38.9 Å². The number of benzene rings is 2. The predicted molar refractivity (Wildman–Crippen MR) is 163 cm³/mol. The van der Waals surface area contributed by atoms with Crippen LogP contribution in [0.25, 0.3) is 0 Å². The Bertz CT molecular complexity index is 1190. The maximum Gasteiger partial charge on any atom is 0.243 e. The molecule has 11 N–H and O–H groups in total. The van der Waals surface area contributed by atoms with Crippen LogP contribution in [-0.2, 0) is 32.0 Å². The van der Waals surface area contributed by atoms with Gasteiger partial charge in [-0.2, -0.15) is 0 Å². The van der Waals surface area contributed by atoms with Gasteiger partial charge in [-0.3, -0.25) is 24.2 Å². The Labute approximate surface area is 247 Å². The van der Waals surface area contributed by atoms with Gasteiger partial charge in [-0.1, -0.05) is 74.5 Å². The quantitative estimate of drug-likeness (QED) is 0.0760. The molecule has 4 atom stereocenters. The molecular weight excluding hydrogens is 536 g/mol. The van der Waals surface area contributed by atoms with Crippen LogP contribution in [0, 0.1) is 5.92 Å². The molecule has 0 aliphatic heterocycles. The molecule has 0 aliphatic rings. The van der Waals surface area contributed by atoms with E-state index in [4.69, 9.17) is 22.9 Å². The van der Waals surface area contributed by atoms with Crippen LogP contribution in [0.1, 0.15) is 44.2 Å². The monoisotopic (exact) mass is 580 g/mol. The van der Waals surface area contributed by atoms with Gasteiger partial charge >= 0.3 is 0 Å². The average molecular weight is 581 g/mol. The number of nitrogens with zero attached hydrogens (tertiary/aromatic N) is 1. The number of nitrogens with one attached hydrogen (secondary N) is 3. The lowest BCUT2D eigenvalue weighted by atomic mass is 10.0. The molecule has 12 nitrogen and oxygen atoms in total. The lowest BCUT2D eigenvalue weighted by Crippen LogP contribution is -2.58. The second-order valence-electron chi connectivity index (χ2n) is 10.7. The predicted octanol–water partition coefficient (Wildman–Crippen LogP) is -0.161. The average Bonchev–Trinajstić information content (AvgIpc) is 2.94. The van der Waals surface area contributed by atoms with Crippen molar-refractivity contribution in [2.24, 2.45) is 33.8 Å². The summed E-state index contributed by atoms with van der Waals surface area (Å²) in [7, 11) is 0. The molecule has 12 heteroatoms. The molecule has 2 aromatic carbocycles. The third-order valence-corrected chi connectivity index (χ3v) is 6.50. The molecule has 0 saturated heterocycles. The number of carbonyl (C=O) groups excluding carboxylic acids is 4. The summed E-state index contributed by atoms with van der Waals surface area (Å²) >= 11 is 0. The van der Waals surface area contributed by atoms with Gasteiger partial charge in [0.05, 0.1) is 6.04 Å². The molecule has 4 unspecified atom stereocenters. The standard InChI is InChI=1S/C30H44N8O4/c1-19(2)16-25(38-27(40)22(31)17-20-10-5-3-6-11-20)29(42)36-23(14-9-15-35-30(33)34)28(41)37-24(26(32)39)18-21-12-7-4-8-13-21/h3-8,10-13,19,22-25H,9,14-18,31H2,1-2H3,(H2,32,39)(H,36,42)(H,37,41)(H,38,40)(H4,33,34,35). The number of carbonyl (C=O) groups is 4. The normalized spacial score (nSPS) is 13.7. The molecule has 2 rings (SSSR count). The van der Waals surface area contributed by atoms with Crippen molar-refractivity contribution in [2.75, 3.05) is 6.54 Å². The zero-order valence-electron chi connectivity index (χ0n) is 24.3. The molecule has 228 valence electrons. The Kier molecular flexibility index (Phi) is 14.0. The van der Waals surface area contributed by atoms with Crippen molar-refractivity contribution in [3.05, 3.63) is 71.8 Å². The summed E-state index contributed by atoms with van der Waals surface area (Å²) in [6, 6.07) is 14.6. The van der Waals surface area contributed by atoms with E-state index in [1.54, 1.807) is 0 Å². The zero-order valence-corrected chi connectivity index (χ0v) is 24.3. The van der Waals surface area contributed by atoms with Crippen molar-refractivity contribution in [1.29, 1.82) is 0 Å². The third kappa shape index (κ3) is 12.4. The molecule has 2 aromatic rings. The molecule has 0 bridgehead atoms. The molecule has 42 heavy (non-hydrogen) atoms. The van der Waals surface area contributed by atoms with E-state index in [1.807, 2.05) is 74.5 Å². The minimum Gasteiger partial charge on any atom is -0.370 e. The number of hydrogen-bond acceptors (Lipinski definition) is 6. The van der Waals surface area contributed by atoms with Crippen LogP contribution in [0.4, 0.5) is 0 Å². The first-order valence-electron chi connectivity index (χ1n) is 14.1. The highest BCUT2D eigenvalue weighted by Crippen LogP contribution is 2.10. The van der Waals surface area contributed by atoms with Gasteiger partial charge in [-0.05, 0) is 42.7 Å². The second-order valence-corrected chi connectivity index (χ2v) is 10.7. The van der Waals surface area contributed by atoms with Crippen LogP contribution in [0.2, 0.25) is 0 Å². The minimum absolute atomic E-state index is 0.0469. The van der Waals surface area contributed by atoms with Crippen molar-refractivity contribution in [2.45, 2.75) is 70.1 Å². The highest BCUT2D eigenvalue weighted by Gasteiger charge is 2.30. The largest absolute Gasteiger partial charge is 0.370 e. The Hall–Kier alpha value is -4.45. The van der Waals surface area contributed by atoms with E-state index in [1.165, 1.54) is 0 Å². The number of hydrogen-bond donors (Lipinski definition) is 7. The van der Waals surface area contributed by atoms with E-state index in [-0.39, 0.29) is 31.3 Å². The lowest BCUT2D eigenvalue weighted by Gasteiger charge is -2.26.